The summed E-state index contributed by atoms with van der Waals surface area (Å²) in [6.07, 6.45) is 1.55. The maximum atomic E-state index is 12.2. The maximum Gasteiger partial charge on any atom is 0.277 e. The fraction of sp³-hybridized carbons (Fsp3) is 0.200. The number of fused-ring (bicyclic) bond motifs is 1. The third-order valence-electron chi connectivity index (χ3n) is 6.08. The minimum absolute atomic E-state index is 0.130. The van der Waals surface area contributed by atoms with Crippen LogP contribution in [0.1, 0.15) is 21.3 Å². The van der Waals surface area contributed by atoms with Gasteiger partial charge in [-0.2, -0.15) is 5.10 Å². The van der Waals surface area contributed by atoms with Gasteiger partial charge in [-0.3, -0.25) is 4.79 Å². The van der Waals surface area contributed by atoms with E-state index in [-0.39, 0.29) is 12.5 Å². The average molecular weight is 624 g/mol. The third-order valence-corrected chi connectivity index (χ3v) is 9.87. The zero-order valence-electron chi connectivity index (χ0n) is 21.3. The van der Waals surface area contributed by atoms with E-state index in [1.54, 1.807) is 19.4 Å². The molecule has 1 aliphatic rings. The van der Waals surface area contributed by atoms with Crippen molar-refractivity contribution in [3.63, 3.8) is 0 Å². The van der Waals surface area contributed by atoms with E-state index in [2.05, 4.69) is 62.9 Å². The molecular weight excluding hydrogens is 596 g/mol. The molecule has 4 aromatic carbocycles. The van der Waals surface area contributed by atoms with Crippen LogP contribution < -0.4 is 19.6 Å². The number of halogens is 1. The monoisotopic (exact) mass is 622 g/mol. The third kappa shape index (κ3) is 7.09. The fourth-order valence-electron chi connectivity index (χ4n) is 4.12. The Labute approximate surface area is 244 Å². The average Bonchev–Trinajstić information content (AvgIpc) is 3.51. The van der Waals surface area contributed by atoms with Gasteiger partial charge in [0.2, 0.25) is 0 Å². The van der Waals surface area contributed by atoms with Gasteiger partial charge in [-0.1, -0.05) is 54.6 Å². The van der Waals surface area contributed by atoms with Crippen LogP contribution in [-0.4, -0.2) is 37.3 Å². The zero-order chi connectivity index (χ0) is 27.0. The molecule has 1 saturated heterocycles. The van der Waals surface area contributed by atoms with Crippen molar-refractivity contribution in [2.45, 2.75) is 11.2 Å². The molecule has 9 heteroatoms. The highest BCUT2D eigenvalue weighted by molar-refractivity contribution is 9.10. The molecule has 5 rings (SSSR count). The van der Waals surface area contributed by atoms with Crippen LogP contribution in [0, 0.1) is 0 Å². The number of benzene rings is 4. The molecule has 0 radical (unpaired) electrons. The van der Waals surface area contributed by atoms with Gasteiger partial charge < -0.3 is 14.2 Å². The van der Waals surface area contributed by atoms with Crippen molar-refractivity contribution in [3.8, 4) is 17.2 Å². The quantitative estimate of drug-likeness (QED) is 0.149. The lowest BCUT2D eigenvalue weighted by molar-refractivity contribution is -0.123. The number of nitrogens with zero attached hydrogens (tertiary/aromatic N) is 1. The Kier molecular flexibility index (Phi) is 9.34. The van der Waals surface area contributed by atoms with Crippen molar-refractivity contribution < 1.29 is 19.0 Å². The van der Waals surface area contributed by atoms with Crippen molar-refractivity contribution in [1.82, 2.24) is 5.43 Å². The molecule has 1 heterocycles. The molecule has 6 nitrogen and oxygen atoms in total. The molecule has 0 saturated carbocycles. The first-order valence-corrected chi connectivity index (χ1v) is 15.2. The molecule has 0 spiro atoms. The number of thioether (sulfide) groups is 2. The number of carbonyl (C=O) groups is 1. The Morgan fingerprint density at radius 2 is 1.77 bits per heavy atom. The molecular formula is C30H27BrN2O4S2. The number of carbonyl (C=O) groups excluding carboxylic acids is 1. The first-order valence-electron chi connectivity index (χ1n) is 12.4. The van der Waals surface area contributed by atoms with Crippen molar-refractivity contribution in [2.75, 3.05) is 25.2 Å². The number of nitrogens with one attached hydrogen (secondary N) is 1. The molecule has 4 aromatic rings. The van der Waals surface area contributed by atoms with Gasteiger partial charge in [-0.15, -0.1) is 23.5 Å². The van der Waals surface area contributed by atoms with Crippen LogP contribution in [-0.2, 0) is 11.4 Å². The Morgan fingerprint density at radius 3 is 2.56 bits per heavy atom. The van der Waals surface area contributed by atoms with Crippen LogP contribution in [0.2, 0.25) is 0 Å². The number of ether oxygens (including phenoxy) is 3. The minimum atomic E-state index is -0.352. The Bertz CT molecular complexity index is 1470. The van der Waals surface area contributed by atoms with Gasteiger partial charge in [0.15, 0.2) is 18.1 Å². The fourth-order valence-corrected chi connectivity index (χ4v) is 7.41. The first-order chi connectivity index (χ1) is 19.1. The maximum absolute atomic E-state index is 12.2. The van der Waals surface area contributed by atoms with Gasteiger partial charge in [0.1, 0.15) is 12.4 Å². The van der Waals surface area contributed by atoms with Crippen molar-refractivity contribution in [3.05, 3.63) is 100 Å². The minimum Gasteiger partial charge on any atom is -0.493 e. The Hall–Kier alpha value is -3.14. The molecule has 1 aliphatic heterocycles. The van der Waals surface area contributed by atoms with E-state index in [1.165, 1.54) is 22.5 Å². The van der Waals surface area contributed by atoms with Crippen LogP contribution in [0.5, 0.6) is 17.2 Å². The lowest BCUT2D eigenvalue weighted by atomic mass is 10.1. The Morgan fingerprint density at radius 1 is 1.00 bits per heavy atom. The van der Waals surface area contributed by atoms with Gasteiger partial charge in [0.25, 0.3) is 5.91 Å². The molecule has 1 fully saturated rings. The largest absolute Gasteiger partial charge is 0.493 e. The van der Waals surface area contributed by atoms with E-state index in [0.717, 1.165) is 21.0 Å². The SMILES string of the molecule is COc1cc(/C=N\NC(=O)COc2ccc(C3SCCS3)cc2)c(Br)cc1OCc1cccc2ccccc12. The van der Waals surface area contributed by atoms with Crippen LogP contribution in [0.4, 0.5) is 0 Å². The zero-order valence-corrected chi connectivity index (χ0v) is 24.5. The van der Waals surface area contributed by atoms with E-state index >= 15 is 0 Å². The lowest BCUT2D eigenvalue weighted by Gasteiger charge is -2.14. The summed E-state index contributed by atoms with van der Waals surface area (Å²) < 4.78 is 18.5. The van der Waals surface area contributed by atoms with Crippen LogP contribution in [0.25, 0.3) is 10.8 Å². The molecule has 0 aromatic heterocycles. The van der Waals surface area contributed by atoms with E-state index in [0.29, 0.717) is 28.4 Å². The summed E-state index contributed by atoms with van der Waals surface area (Å²) in [6.45, 7) is 0.268. The van der Waals surface area contributed by atoms with Gasteiger partial charge in [0.05, 0.1) is 17.9 Å². The second-order valence-electron chi connectivity index (χ2n) is 8.68. The van der Waals surface area contributed by atoms with E-state index in [4.69, 9.17) is 14.2 Å². The van der Waals surface area contributed by atoms with Gasteiger partial charge >= 0.3 is 0 Å². The predicted octanol–water partition coefficient (Wildman–Crippen LogP) is 7.20. The van der Waals surface area contributed by atoms with E-state index in [9.17, 15) is 4.79 Å². The summed E-state index contributed by atoms with van der Waals surface area (Å²) >= 11 is 7.48. The molecule has 200 valence electrons. The highest BCUT2D eigenvalue weighted by Gasteiger charge is 2.18. The molecule has 0 aliphatic carbocycles. The first kappa shape index (κ1) is 27.4. The standard InChI is InChI=1S/C30H27BrN2O4S2/c1-35-27-15-23(26(31)16-28(27)37-18-22-7-4-6-20-5-2-3-8-25(20)22)17-32-33-29(34)19-36-24-11-9-21(10-12-24)30-38-13-14-39-30/h2-12,15-17,30H,13-14,18-19H2,1H3,(H,33,34)/b32-17-. The van der Waals surface area contributed by atoms with Crippen LogP contribution in [0.15, 0.2) is 88.4 Å². The Balaban J connectivity index is 1.15. The number of rotatable bonds is 10. The normalized spacial score (nSPS) is 13.6. The smallest absolute Gasteiger partial charge is 0.277 e. The number of hydrogen-bond donors (Lipinski definition) is 1. The summed E-state index contributed by atoms with van der Waals surface area (Å²) in [4.78, 5) is 12.2. The molecule has 1 N–H and O–H groups in total. The summed E-state index contributed by atoms with van der Waals surface area (Å²) in [7, 11) is 1.59. The lowest BCUT2D eigenvalue weighted by Crippen LogP contribution is -2.24. The number of methoxy groups -OCH3 is 1. The highest BCUT2D eigenvalue weighted by atomic mass is 79.9. The number of hydrogen-bond acceptors (Lipinski definition) is 7. The van der Waals surface area contributed by atoms with Crippen molar-refractivity contribution in [2.24, 2.45) is 5.10 Å². The predicted molar refractivity (Wildman–Crippen MR) is 164 cm³/mol. The molecule has 1 amide bonds. The van der Waals surface area contributed by atoms with Crippen LogP contribution in [0.3, 0.4) is 0 Å². The van der Waals surface area contributed by atoms with Crippen LogP contribution >= 0.6 is 39.5 Å². The number of amides is 1. The van der Waals surface area contributed by atoms with Crippen molar-refractivity contribution in [1.29, 1.82) is 0 Å². The van der Waals surface area contributed by atoms with Gasteiger partial charge in [-0.25, -0.2) is 5.43 Å². The van der Waals surface area contributed by atoms with E-state index in [1.807, 2.05) is 59.9 Å². The second-order valence-corrected chi connectivity index (χ2v) is 12.3. The summed E-state index contributed by atoms with van der Waals surface area (Å²) in [6, 6.07) is 25.9. The molecule has 0 unspecified atom stereocenters. The molecule has 39 heavy (non-hydrogen) atoms. The summed E-state index contributed by atoms with van der Waals surface area (Å²) in [5.74, 6) is 3.83. The second kappa shape index (κ2) is 13.3. The van der Waals surface area contributed by atoms with Gasteiger partial charge in [-0.05, 0) is 62.1 Å². The van der Waals surface area contributed by atoms with E-state index < -0.39 is 0 Å². The summed E-state index contributed by atoms with van der Waals surface area (Å²) in [5, 5.41) is 6.40. The highest BCUT2D eigenvalue weighted by Crippen LogP contribution is 2.45. The summed E-state index contributed by atoms with van der Waals surface area (Å²) in [5.41, 5.74) is 5.59. The van der Waals surface area contributed by atoms with Crippen molar-refractivity contribution >= 4 is 62.3 Å². The molecule has 0 bridgehead atoms. The topological polar surface area (TPSA) is 69.2 Å². The molecule has 0 atom stereocenters. The van der Waals surface area contributed by atoms with Gasteiger partial charge in [0, 0.05) is 21.5 Å². The number of hydrazone groups is 1.